The summed E-state index contributed by atoms with van der Waals surface area (Å²) in [4.78, 5) is 61.7. The van der Waals surface area contributed by atoms with Crippen molar-refractivity contribution >= 4 is 63.1 Å². The molecule has 3 saturated heterocycles. The third-order valence-electron chi connectivity index (χ3n) is 11.5. The maximum Gasteiger partial charge on any atom is 0.328 e. The van der Waals surface area contributed by atoms with Crippen molar-refractivity contribution in [1.82, 2.24) is 30.1 Å². The van der Waals surface area contributed by atoms with Crippen molar-refractivity contribution in [2.24, 2.45) is 0 Å². The number of hydrogen-bond acceptors (Lipinski definition) is 12. The van der Waals surface area contributed by atoms with E-state index in [0.717, 1.165) is 115 Å². The van der Waals surface area contributed by atoms with Crippen LogP contribution in [-0.4, -0.2) is 121 Å². The number of ether oxygens (including phenoxy) is 1. The van der Waals surface area contributed by atoms with Crippen LogP contribution in [0, 0.1) is 6.92 Å². The average Bonchev–Trinajstić information content (AvgIpc) is 3.51. The molecule has 58 heavy (non-hydrogen) atoms. The van der Waals surface area contributed by atoms with E-state index in [1.165, 1.54) is 0 Å². The molecule has 0 bridgehead atoms. The van der Waals surface area contributed by atoms with Crippen LogP contribution in [0.15, 0.2) is 79.1 Å². The lowest BCUT2D eigenvalue weighted by atomic mass is 10.00. The molecule has 3 N–H and O–H groups in total. The molecule has 15 heteroatoms. The van der Waals surface area contributed by atoms with Crippen LogP contribution in [0.25, 0.3) is 22.0 Å². The Labute approximate surface area is 337 Å². The highest BCUT2D eigenvalue weighted by atomic mass is 16.5. The zero-order valence-electron chi connectivity index (χ0n) is 32.6. The van der Waals surface area contributed by atoms with Crippen LogP contribution in [0.3, 0.4) is 0 Å². The van der Waals surface area contributed by atoms with Gasteiger partial charge in [0.25, 0.3) is 0 Å². The lowest BCUT2D eigenvalue weighted by Gasteiger charge is -2.36. The number of hydrogen-bond donors (Lipinski definition) is 3. The van der Waals surface area contributed by atoms with Crippen LogP contribution in [0.4, 0.5) is 39.2 Å². The van der Waals surface area contributed by atoms with E-state index in [2.05, 4.69) is 83.9 Å². The smallest absolute Gasteiger partial charge is 0.328 e. The molecule has 4 amide bonds. The second kappa shape index (κ2) is 16.2. The number of urea groups is 1. The standard InChI is InChI=1S/C43H47N11O4/c1-29-36(27-45-41-40(29)44-14-24-58-41)30-3-4-31-26-46-42(48-37(31)25-30)47-32-5-7-33(8-6-32)51-15-2-16-53(23-22-51)39(56)28-50-18-20-52(21-19-50)34-9-11-35(12-10-34)54-17-13-38(55)49-43(54)57/h3-12,25-27,44H,2,13-24,28H2,1H3,(H,46,47,48)(H,49,55,57). The summed E-state index contributed by atoms with van der Waals surface area (Å²) in [6.45, 7) is 10.6. The van der Waals surface area contributed by atoms with Crippen molar-refractivity contribution in [2.75, 3.05) is 104 Å². The molecule has 3 fully saturated rings. The molecule has 5 aromatic rings. The highest BCUT2D eigenvalue weighted by Crippen LogP contribution is 2.36. The lowest BCUT2D eigenvalue weighted by Crippen LogP contribution is -2.50. The summed E-state index contributed by atoms with van der Waals surface area (Å²) in [6, 6.07) is 22.0. The van der Waals surface area contributed by atoms with Gasteiger partial charge in [0.1, 0.15) is 12.3 Å². The van der Waals surface area contributed by atoms with Gasteiger partial charge in [-0.3, -0.25) is 24.7 Å². The van der Waals surface area contributed by atoms with Crippen LogP contribution >= 0.6 is 0 Å². The largest absolute Gasteiger partial charge is 0.474 e. The highest BCUT2D eigenvalue weighted by molar-refractivity contribution is 6.05. The number of pyridine rings is 1. The normalized spacial score (nSPS) is 17.6. The summed E-state index contributed by atoms with van der Waals surface area (Å²) in [5, 5.41) is 10.1. The van der Waals surface area contributed by atoms with Crippen molar-refractivity contribution in [1.29, 1.82) is 0 Å². The van der Waals surface area contributed by atoms with E-state index in [9.17, 15) is 14.4 Å². The van der Waals surface area contributed by atoms with E-state index in [1.807, 2.05) is 47.6 Å². The Bertz CT molecular complexity index is 2330. The number of carbonyl (C=O) groups is 3. The molecule has 4 aliphatic heterocycles. The first-order chi connectivity index (χ1) is 28.3. The monoisotopic (exact) mass is 781 g/mol. The van der Waals surface area contributed by atoms with Crippen molar-refractivity contribution in [3.63, 3.8) is 0 Å². The van der Waals surface area contributed by atoms with Gasteiger partial charge in [-0.1, -0.05) is 12.1 Å². The minimum absolute atomic E-state index is 0.182. The fraction of sp³-hybridized carbons (Fsp3) is 0.349. The highest BCUT2D eigenvalue weighted by Gasteiger charge is 2.26. The van der Waals surface area contributed by atoms with Crippen molar-refractivity contribution in [3.8, 4) is 17.0 Å². The van der Waals surface area contributed by atoms with Gasteiger partial charge in [-0.2, -0.15) is 0 Å². The molecule has 0 radical (unpaired) electrons. The average molecular weight is 782 g/mol. The molecule has 0 unspecified atom stereocenters. The number of carbonyl (C=O) groups excluding carboxylic acids is 3. The van der Waals surface area contributed by atoms with Gasteiger partial charge in [0.05, 0.1) is 12.1 Å². The predicted molar refractivity (Wildman–Crippen MR) is 225 cm³/mol. The number of amides is 4. The Morgan fingerprint density at radius 3 is 2.34 bits per heavy atom. The van der Waals surface area contributed by atoms with Gasteiger partial charge in [0.15, 0.2) is 0 Å². The molecule has 0 spiro atoms. The van der Waals surface area contributed by atoms with E-state index < -0.39 is 0 Å². The molecule has 2 aromatic heterocycles. The van der Waals surface area contributed by atoms with Crippen LogP contribution in [0.1, 0.15) is 18.4 Å². The number of anilines is 6. The molecular weight excluding hydrogens is 735 g/mol. The number of imide groups is 1. The molecule has 6 heterocycles. The summed E-state index contributed by atoms with van der Waals surface area (Å²) in [6.07, 6.45) is 4.91. The second-order valence-corrected chi connectivity index (χ2v) is 15.1. The quantitative estimate of drug-likeness (QED) is 0.197. The first-order valence-electron chi connectivity index (χ1n) is 20.1. The predicted octanol–water partition coefficient (Wildman–Crippen LogP) is 4.86. The minimum atomic E-state index is -0.379. The molecule has 0 saturated carbocycles. The minimum Gasteiger partial charge on any atom is -0.474 e. The van der Waals surface area contributed by atoms with Crippen LogP contribution in [0.5, 0.6) is 5.88 Å². The first-order valence-corrected chi connectivity index (χ1v) is 20.1. The molecule has 0 aliphatic carbocycles. The fourth-order valence-corrected chi connectivity index (χ4v) is 8.18. The van der Waals surface area contributed by atoms with Crippen molar-refractivity contribution in [2.45, 2.75) is 19.8 Å². The number of aromatic nitrogens is 3. The van der Waals surface area contributed by atoms with E-state index in [1.54, 1.807) is 4.90 Å². The Kier molecular flexibility index (Phi) is 10.4. The third kappa shape index (κ3) is 7.89. The Morgan fingerprint density at radius 1 is 0.810 bits per heavy atom. The summed E-state index contributed by atoms with van der Waals surface area (Å²) in [7, 11) is 0. The molecular formula is C43H47N11O4. The molecule has 3 aromatic carbocycles. The fourth-order valence-electron chi connectivity index (χ4n) is 8.18. The van der Waals surface area contributed by atoms with Gasteiger partial charge in [-0.05, 0) is 79.1 Å². The number of nitrogens with zero attached hydrogens (tertiary/aromatic N) is 8. The summed E-state index contributed by atoms with van der Waals surface area (Å²) < 4.78 is 5.72. The van der Waals surface area contributed by atoms with E-state index in [4.69, 9.17) is 9.72 Å². The summed E-state index contributed by atoms with van der Waals surface area (Å²) in [5.74, 6) is 1.12. The van der Waals surface area contributed by atoms with Gasteiger partial charge in [0, 0.05) is 118 Å². The second-order valence-electron chi connectivity index (χ2n) is 15.1. The van der Waals surface area contributed by atoms with Gasteiger partial charge < -0.3 is 30.1 Å². The number of benzene rings is 3. The topological polar surface area (TPSA) is 151 Å². The zero-order chi connectivity index (χ0) is 39.6. The summed E-state index contributed by atoms with van der Waals surface area (Å²) in [5.41, 5.74) is 8.82. The van der Waals surface area contributed by atoms with Gasteiger partial charge >= 0.3 is 6.03 Å². The third-order valence-corrected chi connectivity index (χ3v) is 11.5. The number of nitrogens with one attached hydrogen (secondary N) is 3. The Balaban J connectivity index is 0.757. The van der Waals surface area contributed by atoms with Crippen molar-refractivity contribution < 1.29 is 19.1 Å². The van der Waals surface area contributed by atoms with E-state index >= 15 is 0 Å². The summed E-state index contributed by atoms with van der Waals surface area (Å²) >= 11 is 0. The van der Waals surface area contributed by atoms with Gasteiger partial charge in [-0.25, -0.2) is 19.7 Å². The maximum atomic E-state index is 13.5. The molecule has 0 atom stereocenters. The van der Waals surface area contributed by atoms with Crippen LogP contribution in [0.2, 0.25) is 0 Å². The lowest BCUT2D eigenvalue weighted by molar-refractivity contribution is -0.132. The zero-order valence-corrected chi connectivity index (χ0v) is 32.6. The Morgan fingerprint density at radius 2 is 1.55 bits per heavy atom. The number of fused-ring (bicyclic) bond motifs is 2. The first kappa shape index (κ1) is 37.1. The van der Waals surface area contributed by atoms with E-state index in [0.29, 0.717) is 44.5 Å². The van der Waals surface area contributed by atoms with Crippen LogP contribution in [-0.2, 0) is 9.59 Å². The number of rotatable bonds is 8. The Hall–Kier alpha value is -6.48. The molecule has 4 aliphatic rings. The maximum absolute atomic E-state index is 13.5. The van der Waals surface area contributed by atoms with Crippen molar-refractivity contribution in [3.05, 3.63) is 84.7 Å². The molecule has 298 valence electrons. The number of piperazine rings is 1. The van der Waals surface area contributed by atoms with Gasteiger partial charge in [0.2, 0.25) is 23.6 Å². The molecule has 9 rings (SSSR count). The van der Waals surface area contributed by atoms with E-state index in [-0.39, 0.29) is 17.8 Å². The SMILES string of the molecule is Cc1c(-c2ccc3cnc(Nc4ccc(N5CCCN(C(=O)CN6CCN(c7ccc(N8CCC(=O)NC8=O)cc7)CC6)CC5)cc4)nc3c2)cnc2c1NCCO2. The molecule has 15 nitrogen and oxygen atoms in total. The van der Waals surface area contributed by atoms with Gasteiger partial charge in [-0.15, -0.1) is 0 Å². The van der Waals surface area contributed by atoms with Crippen LogP contribution < -0.4 is 35.4 Å².